The van der Waals surface area contributed by atoms with Gasteiger partial charge in [-0.2, -0.15) is 9.77 Å². The molecule has 0 radical (unpaired) electrons. The number of hydrogen-bond donors (Lipinski definition) is 2. The van der Waals surface area contributed by atoms with Crippen molar-refractivity contribution in [3.05, 3.63) is 87.1 Å². The van der Waals surface area contributed by atoms with Crippen LogP contribution in [0.1, 0.15) is 17.0 Å². The van der Waals surface area contributed by atoms with E-state index in [1.807, 2.05) is 30.3 Å². The van der Waals surface area contributed by atoms with E-state index in [2.05, 4.69) is 15.6 Å². The maximum absolute atomic E-state index is 12.4. The third-order valence-electron chi connectivity index (χ3n) is 4.83. The quantitative estimate of drug-likeness (QED) is 0.380. The Hall–Kier alpha value is -4.12. The van der Waals surface area contributed by atoms with Crippen molar-refractivity contribution in [2.45, 2.75) is 19.5 Å². The van der Waals surface area contributed by atoms with Crippen molar-refractivity contribution in [1.82, 2.24) is 24.8 Å². The Bertz CT molecular complexity index is 1250. The van der Waals surface area contributed by atoms with Gasteiger partial charge in [0.1, 0.15) is 6.54 Å². The molecule has 170 valence electrons. The van der Waals surface area contributed by atoms with Gasteiger partial charge in [0.2, 0.25) is 0 Å². The number of nitrogens with zero attached hydrogens (tertiary/aromatic N) is 5. The first-order chi connectivity index (χ1) is 15.9. The zero-order chi connectivity index (χ0) is 23.4. The van der Waals surface area contributed by atoms with E-state index in [1.54, 1.807) is 24.3 Å². The van der Waals surface area contributed by atoms with Crippen molar-refractivity contribution in [1.29, 1.82) is 0 Å². The molecule has 2 aromatic carbocycles. The lowest BCUT2D eigenvalue weighted by Crippen LogP contribution is -2.36. The molecule has 4 rings (SSSR count). The SMILES string of the molecule is Nn1c(Cc2ccc(Cl)cc2)nn(CC(=O)N/N=C2\OCC(=O)N2Cc2ccccc2)c1=O. The molecule has 0 saturated carbocycles. The molecule has 2 amide bonds. The van der Waals surface area contributed by atoms with Crippen LogP contribution in [0.25, 0.3) is 0 Å². The van der Waals surface area contributed by atoms with Crippen molar-refractivity contribution in [2.24, 2.45) is 5.10 Å². The molecule has 1 aromatic heterocycles. The van der Waals surface area contributed by atoms with Gasteiger partial charge in [-0.3, -0.25) is 14.5 Å². The highest BCUT2D eigenvalue weighted by atomic mass is 35.5. The third kappa shape index (κ3) is 5.21. The van der Waals surface area contributed by atoms with E-state index in [0.717, 1.165) is 20.5 Å². The number of carbonyl (C=O) groups is 2. The normalized spacial score (nSPS) is 14.5. The molecule has 12 heteroatoms. The first-order valence-corrected chi connectivity index (χ1v) is 10.3. The number of hydrogen-bond acceptors (Lipinski definition) is 7. The van der Waals surface area contributed by atoms with Crippen LogP contribution in [0, 0.1) is 0 Å². The fourth-order valence-electron chi connectivity index (χ4n) is 3.16. The number of halogens is 1. The summed E-state index contributed by atoms with van der Waals surface area (Å²) in [6.07, 6.45) is 0.282. The van der Waals surface area contributed by atoms with Crippen LogP contribution < -0.4 is 17.0 Å². The number of benzene rings is 2. The predicted octanol–water partition coefficient (Wildman–Crippen LogP) is 0.449. The second kappa shape index (κ2) is 9.57. The molecular formula is C21H20ClN7O4. The first kappa shape index (κ1) is 22.1. The molecule has 33 heavy (non-hydrogen) atoms. The highest BCUT2D eigenvalue weighted by Gasteiger charge is 2.29. The second-order valence-electron chi connectivity index (χ2n) is 7.21. The van der Waals surface area contributed by atoms with Gasteiger partial charge in [0.15, 0.2) is 12.4 Å². The van der Waals surface area contributed by atoms with E-state index >= 15 is 0 Å². The van der Waals surface area contributed by atoms with Gasteiger partial charge >= 0.3 is 11.7 Å². The minimum absolute atomic E-state index is 0.0302. The Kier molecular flexibility index (Phi) is 6.41. The zero-order valence-corrected chi connectivity index (χ0v) is 18.1. The van der Waals surface area contributed by atoms with E-state index in [-0.39, 0.29) is 37.3 Å². The molecule has 1 aliphatic rings. The fourth-order valence-corrected chi connectivity index (χ4v) is 3.28. The smallest absolute Gasteiger partial charge is 0.365 e. The molecule has 0 aliphatic carbocycles. The molecule has 0 atom stereocenters. The summed E-state index contributed by atoms with van der Waals surface area (Å²) in [5.74, 6) is 5.17. The summed E-state index contributed by atoms with van der Waals surface area (Å²) >= 11 is 5.88. The van der Waals surface area contributed by atoms with Crippen molar-refractivity contribution < 1.29 is 14.3 Å². The van der Waals surface area contributed by atoms with Crippen LogP contribution >= 0.6 is 11.6 Å². The number of amides is 2. The number of amidine groups is 1. The minimum Gasteiger partial charge on any atom is -0.453 e. The van der Waals surface area contributed by atoms with Crippen LogP contribution in [0.3, 0.4) is 0 Å². The molecule has 2 heterocycles. The molecule has 3 aromatic rings. The molecule has 1 aliphatic heterocycles. The minimum atomic E-state index is -0.653. The number of ether oxygens (including phenoxy) is 1. The van der Waals surface area contributed by atoms with E-state index in [4.69, 9.17) is 22.2 Å². The molecule has 3 N–H and O–H groups in total. The van der Waals surface area contributed by atoms with Crippen molar-refractivity contribution in [3.8, 4) is 0 Å². The predicted molar refractivity (Wildman–Crippen MR) is 119 cm³/mol. The Morgan fingerprint density at radius 1 is 1.12 bits per heavy atom. The fraction of sp³-hybridized carbons (Fsp3) is 0.190. The van der Waals surface area contributed by atoms with E-state index in [1.165, 1.54) is 4.90 Å². The standard InChI is InChI=1S/C21H20ClN7O4/c22-16-8-6-14(7-9-16)10-17-26-28(21(32)29(17)23)12-18(30)24-25-20-27(19(31)13-33-20)11-15-4-2-1-3-5-15/h1-9H,10-13,23H2,(H,24,30)/b25-20-. The topological polar surface area (TPSA) is 137 Å². The van der Waals surface area contributed by atoms with Crippen LogP contribution in [0.2, 0.25) is 5.02 Å². The van der Waals surface area contributed by atoms with Crippen LogP contribution in [0.15, 0.2) is 64.5 Å². The van der Waals surface area contributed by atoms with Gasteiger partial charge in [-0.1, -0.05) is 54.1 Å². The van der Waals surface area contributed by atoms with Crippen molar-refractivity contribution in [2.75, 3.05) is 12.4 Å². The highest BCUT2D eigenvalue weighted by molar-refractivity contribution is 6.30. The molecule has 0 bridgehead atoms. The Morgan fingerprint density at radius 2 is 1.85 bits per heavy atom. The molecule has 1 saturated heterocycles. The van der Waals surface area contributed by atoms with E-state index in [0.29, 0.717) is 5.02 Å². The number of aromatic nitrogens is 3. The van der Waals surface area contributed by atoms with Gasteiger partial charge in [0.05, 0.1) is 6.54 Å². The summed E-state index contributed by atoms with van der Waals surface area (Å²) in [5, 5.41) is 8.61. The van der Waals surface area contributed by atoms with E-state index in [9.17, 15) is 14.4 Å². The van der Waals surface area contributed by atoms with Gasteiger partial charge in [0.25, 0.3) is 11.8 Å². The summed E-state index contributed by atoms with van der Waals surface area (Å²) < 4.78 is 7.08. The average Bonchev–Trinajstić information content (AvgIpc) is 3.28. The number of nitrogens with two attached hydrogens (primary N) is 1. The van der Waals surface area contributed by atoms with Gasteiger partial charge in [-0.25, -0.2) is 14.9 Å². The second-order valence-corrected chi connectivity index (χ2v) is 7.65. The third-order valence-corrected chi connectivity index (χ3v) is 5.08. The van der Waals surface area contributed by atoms with Gasteiger partial charge in [-0.05, 0) is 23.3 Å². The van der Waals surface area contributed by atoms with Gasteiger partial charge in [0, 0.05) is 11.4 Å². The lowest BCUT2D eigenvalue weighted by Gasteiger charge is -2.13. The summed E-state index contributed by atoms with van der Waals surface area (Å²) in [5.41, 5.74) is 3.36. The first-order valence-electron chi connectivity index (χ1n) is 9.92. The van der Waals surface area contributed by atoms with Crippen molar-refractivity contribution in [3.63, 3.8) is 0 Å². The number of nitrogens with one attached hydrogen (secondary N) is 1. The van der Waals surface area contributed by atoms with E-state index < -0.39 is 18.1 Å². The number of nitrogen functional groups attached to an aromatic ring is 1. The van der Waals surface area contributed by atoms with Crippen LogP contribution in [0.4, 0.5) is 0 Å². The molecular weight excluding hydrogens is 450 g/mol. The summed E-state index contributed by atoms with van der Waals surface area (Å²) in [7, 11) is 0. The molecule has 0 spiro atoms. The number of carbonyl (C=O) groups excluding carboxylic acids is 2. The summed E-state index contributed by atoms with van der Waals surface area (Å²) in [6, 6.07) is 16.3. The average molecular weight is 470 g/mol. The lowest BCUT2D eigenvalue weighted by atomic mass is 10.1. The highest BCUT2D eigenvalue weighted by Crippen LogP contribution is 2.12. The Morgan fingerprint density at radius 3 is 2.58 bits per heavy atom. The lowest BCUT2D eigenvalue weighted by molar-refractivity contribution is -0.126. The summed E-state index contributed by atoms with van der Waals surface area (Å²) in [4.78, 5) is 38.1. The Balaban J connectivity index is 1.41. The molecule has 1 fully saturated rings. The number of rotatable bonds is 7. The number of hydrazone groups is 1. The Labute approximate surface area is 193 Å². The van der Waals surface area contributed by atoms with Gasteiger partial charge in [-0.15, -0.1) is 5.10 Å². The monoisotopic (exact) mass is 469 g/mol. The largest absolute Gasteiger partial charge is 0.453 e. The van der Waals surface area contributed by atoms with Crippen LogP contribution in [-0.4, -0.2) is 43.8 Å². The molecule has 11 nitrogen and oxygen atoms in total. The maximum Gasteiger partial charge on any atom is 0.365 e. The summed E-state index contributed by atoms with van der Waals surface area (Å²) in [6.45, 7) is -0.341. The van der Waals surface area contributed by atoms with Crippen LogP contribution in [0.5, 0.6) is 0 Å². The van der Waals surface area contributed by atoms with Crippen LogP contribution in [-0.2, 0) is 33.8 Å². The zero-order valence-electron chi connectivity index (χ0n) is 17.3. The van der Waals surface area contributed by atoms with Gasteiger partial charge < -0.3 is 10.6 Å². The maximum atomic E-state index is 12.4. The molecule has 0 unspecified atom stereocenters. The van der Waals surface area contributed by atoms with Crippen molar-refractivity contribution >= 4 is 29.4 Å².